The second-order valence-corrected chi connectivity index (χ2v) is 4.22. The quantitative estimate of drug-likeness (QED) is 0.794. The van der Waals surface area contributed by atoms with Gasteiger partial charge in [0.25, 0.3) is 5.52 Å². The molecular formula is C12H15ClFN2O+. The second kappa shape index (κ2) is 5.02. The van der Waals surface area contributed by atoms with Gasteiger partial charge in [0.15, 0.2) is 6.04 Å². The van der Waals surface area contributed by atoms with Gasteiger partial charge in [0.05, 0.1) is 0 Å². The van der Waals surface area contributed by atoms with Gasteiger partial charge in [0.2, 0.25) is 5.58 Å². The van der Waals surface area contributed by atoms with Crippen molar-refractivity contribution in [2.75, 3.05) is 13.1 Å². The number of rotatable bonds is 1. The standard InChI is InChI=1S/C12H14FN2O.ClH/c13-9-1-2-11-12(7-9)16-8-15(11)10-3-5-14-6-4-10;/h1-2,7-8,10,14H,3-6H2;1H/q+1;. The Balaban J connectivity index is 0.00000108. The van der Waals surface area contributed by atoms with Crippen LogP contribution in [-0.4, -0.2) is 13.1 Å². The van der Waals surface area contributed by atoms with E-state index in [1.165, 1.54) is 12.1 Å². The topological polar surface area (TPSA) is 29.0 Å². The number of nitrogens with one attached hydrogen (secondary N) is 1. The molecule has 1 aliphatic heterocycles. The van der Waals surface area contributed by atoms with Gasteiger partial charge in [-0.2, -0.15) is 4.57 Å². The van der Waals surface area contributed by atoms with E-state index in [-0.39, 0.29) is 18.2 Å². The van der Waals surface area contributed by atoms with Gasteiger partial charge in [-0.1, -0.05) is 0 Å². The van der Waals surface area contributed by atoms with Crippen molar-refractivity contribution in [2.45, 2.75) is 18.9 Å². The van der Waals surface area contributed by atoms with Crippen molar-refractivity contribution in [3.8, 4) is 0 Å². The molecule has 0 radical (unpaired) electrons. The van der Waals surface area contributed by atoms with Crippen molar-refractivity contribution in [3.05, 3.63) is 30.4 Å². The molecule has 2 aromatic rings. The molecule has 3 nitrogen and oxygen atoms in total. The number of fused-ring (bicyclic) bond motifs is 1. The van der Waals surface area contributed by atoms with Crippen LogP contribution in [0.3, 0.4) is 0 Å². The van der Waals surface area contributed by atoms with Crippen LogP contribution in [0.15, 0.2) is 29.0 Å². The Hall–Kier alpha value is -1.13. The van der Waals surface area contributed by atoms with Crippen molar-refractivity contribution >= 4 is 23.5 Å². The summed E-state index contributed by atoms with van der Waals surface area (Å²) < 4.78 is 20.5. The number of hydrogen-bond donors (Lipinski definition) is 1. The maximum absolute atomic E-state index is 13.0. The minimum atomic E-state index is -0.251. The Morgan fingerprint density at radius 1 is 1.29 bits per heavy atom. The molecule has 0 saturated carbocycles. The zero-order valence-electron chi connectivity index (χ0n) is 9.36. The zero-order valence-corrected chi connectivity index (χ0v) is 10.2. The van der Waals surface area contributed by atoms with Gasteiger partial charge in [0.1, 0.15) is 5.82 Å². The van der Waals surface area contributed by atoms with Crippen LogP contribution in [0.1, 0.15) is 18.9 Å². The van der Waals surface area contributed by atoms with Crippen molar-refractivity contribution in [3.63, 3.8) is 0 Å². The maximum Gasteiger partial charge on any atom is 0.335 e. The molecule has 0 unspecified atom stereocenters. The summed E-state index contributed by atoms with van der Waals surface area (Å²) in [6.45, 7) is 2.07. The van der Waals surface area contributed by atoms with Gasteiger partial charge in [-0.3, -0.25) is 0 Å². The SMILES string of the molecule is Cl.Fc1ccc2c(c1)oc[n+]2C1CCNCC1. The molecule has 1 aromatic carbocycles. The largest absolute Gasteiger partial charge is 0.403 e. The van der Waals surface area contributed by atoms with Crippen LogP contribution in [0, 0.1) is 5.82 Å². The van der Waals surface area contributed by atoms with Gasteiger partial charge in [0, 0.05) is 38.1 Å². The molecule has 2 heterocycles. The fraction of sp³-hybridized carbons (Fsp3) is 0.417. The molecule has 92 valence electrons. The summed E-state index contributed by atoms with van der Waals surface area (Å²) >= 11 is 0. The van der Waals surface area contributed by atoms with Crippen LogP contribution in [0.5, 0.6) is 0 Å². The molecule has 1 N–H and O–H groups in total. The highest BCUT2D eigenvalue weighted by molar-refractivity contribution is 5.85. The van der Waals surface area contributed by atoms with Crippen LogP contribution < -0.4 is 9.88 Å². The Morgan fingerprint density at radius 3 is 2.82 bits per heavy atom. The van der Waals surface area contributed by atoms with Gasteiger partial charge in [-0.25, -0.2) is 4.39 Å². The number of aromatic nitrogens is 1. The van der Waals surface area contributed by atoms with Crippen molar-refractivity contribution in [1.29, 1.82) is 0 Å². The minimum absolute atomic E-state index is 0. The van der Waals surface area contributed by atoms with Gasteiger partial charge in [-0.15, -0.1) is 12.4 Å². The van der Waals surface area contributed by atoms with Crippen molar-refractivity contribution in [1.82, 2.24) is 5.32 Å². The molecule has 0 spiro atoms. The highest BCUT2D eigenvalue weighted by Gasteiger charge is 2.26. The van der Waals surface area contributed by atoms with E-state index in [1.54, 1.807) is 12.5 Å². The number of hydrogen-bond acceptors (Lipinski definition) is 2. The Bertz CT molecular complexity index is 508. The van der Waals surface area contributed by atoms with E-state index >= 15 is 0 Å². The molecular weight excluding hydrogens is 243 g/mol. The third kappa shape index (κ3) is 2.28. The lowest BCUT2D eigenvalue weighted by Gasteiger charge is -2.16. The average Bonchev–Trinajstić information content (AvgIpc) is 2.73. The summed E-state index contributed by atoms with van der Waals surface area (Å²) in [6.07, 6.45) is 3.90. The fourth-order valence-electron chi connectivity index (χ4n) is 2.33. The number of nitrogens with zero attached hydrogens (tertiary/aromatic N) is 1. The van der Waals surface area contributed by atoms with E-state index in [1.807, 2.05) is 0 Å². The van der Waals surface area contributed by atoms with Gasteiger partial charge < -0.3 is 9.73 Å². The molecule has 3 rings (SSSR count). The van der Waals surface area contributed by atoms with Gasteiger partial charge >= 0.3 is 6.39 Å². The number of halogens is 2. The lowest BCUT2D eigenvalue weighted by atomic mass is 10.1. The highest BCUT2D eigenvalue weighted by atomic mass is 35.5. The molecule has 0 amide bonds. The lowest BCUT2D eigenvalue weighted by molar-refractivity contribution is -0.705. The molecule has 0 atom stereocenters. The first kappa shape index (κ1) is 12.3. The number of benzene rings is 1. The molecule has 1 aliphatic rings. The van der Waals surface area contributed by atoms with E-state index in [9.17, 15) is 4.39 Å². The third-order valence-electron chi connectivity index (χ3n) is 3.20. The van der Waals surface area contributed by atoms with E-state index in [2.05, 4.69) is 9.88 Å². The van der Waals surface area contributed by atoms with Crippen LogP contribution in [0.2, 0.25) is 0 Å². The molecule has 1 saturated heterocycles. The molecule has 5 heteroatoms. The smallest absolute Gasteiger partial charge is 0.335 e. The molecule has 0 bridgehead atoms. The van der Waals surface area contributed by atoms with E-state index in [0.717, 1.165) is 31.4 Å². The first-order chi connectivity index (χ1) is 7.84. The summed E-state index contributed by atoms with van der Waals surface area (Å²) in [5.41, 5.74) is 1.60. The molecule has 17 heavy (non-hydrogen) atoms. The summed E-state index contributed by atoms with van der Waals surface area (Å²) in [5, 5.41) is 3.33. The normalized spacial score (nSPS) is 17.0. The van der Waals surface area contributed by atoms with Crippen LogP contribution in [0.25, 0.3) is 11.1 Å². The summed E-state index contributed by atoms with van der Waals surface area (Å²) in [5.74, 6) is -0.251. The van der Waals surface area contributed by atoms with Crippen LogP contribution in [0.4, 0.5) is 4.39 Å². The third-order valence-corrected chi connectivity index (χ3v) is 3.20. The molecule has 1 fully saturated rings. The number of piperidine rings is 1. The average molecular weight is 258 g/mol. The maximum atomic E-state index is 13.0. The van der Waals surface area contributed by atoms with Crippen molar-refractivity contribution < 1.29 is 13.4 Å². The Morgan fingerprint density at radius 2 is 2.06 bits per heavy atom. The molecule has 0 aliphatic carbocycles. The highest BCUT2D eigenvalue weighted by Crippen LogP contribution is 2.18. The van der Waals surface area contributed by atoms with E-state index < -0.39 is 0 Å². The van der Waals surface area contributed by atoms with E-state index in [4.69, 9.17) is 4.42 Å². The van der Waals surface area contributed by atoms with E-state index in [0.29, 0.717) is 11.6 Å². The van der Waals surface area contributed by atoms with Crippen LogP contribution in [-0.2, 0) is 0 Å². The predicted octanol–water partition coefficient (Wildman–Crippen LogP) is 2.21. The van der Waals surface area contributed by atoms with Crippen LogP contribution >= 0.6 is 12.4 Å². The Kier molecular flexibility index (Phi) is 3.64. The monoisotopic (exact) mass is 257 g/mol. The van der Waals surface area contributed by atoms with Crippen molar-refractivity contribution in [2.24, 2.45) is 0 Å². The number of oxazole rings is 1. The predicted molar refractivity (Wildman–Crippen MR) is 64.8 cm³/mol. The molecule has 1 aromatic heterocycles. The first-order valence-electron chi connectivity index (χ1n) is 5.63. The summed E-state index contributed by atoms with van der Waals surface area (Å²) in [7, 11) is 0. The first-order valence-corrected chi connectivity index (χ1v) is 5.63. The fourth-order valence-corrected chi connectivity index (χ4v) is 2.33. The Labute approximate surface area is 105 Å². The van der Waals surface area contributed by atoms with Gasteiger partial charge in [-0.05, 0) is 6.07 Å². The second-order valence-electron chi connectivity index (χ2n) is 4.22. The minimum Gasteiger partial charge on any atom is -0.403 e. The summed E-state index contributed by atoms with van der Waals surface area (Å²) in [4.78, 5) is 0. The lowest BCUT2D eigenvalue weighted by Crippen LogP contribution is -2.44. The zero-order chi connectivity index (χ0) is 11.0. The summed E-state index contributed by atoms with van der Waals surface area (Å²) in [6, 6.07) is 5.17.